The second-order valence-electron chi connectivity index (χ2n) is 13.6. The van der Waals surface area contributed by atoms with Gasteiger partial charge in [-0.2, -0.15) is 5.10 Å². The monoisotopic (exact) mass is 593 g/mol. The van der Waals surface area contributed by atoms with Crippen molar-refractivity contribution in [1.82, 2.24) is 24.1 Å². The molecule has 1 amide bonds. The number of amides is 1. The minimum atomic E-state index is -0.321. The van der Waals surface area contributed by atoms with Crippen molar-refractivity contribution in [2.75, 3.05) is 0 Å². The minimum absolute atomic E-state index is 0.00350. The summed E-state index contributed by atoms with van der Waals surface area (Å²) in [5, 5.41) is 5.43. The number of hydrogen-bond acceptors (Lipinski definition) is 5. The highest BCUT2D eigenvalue weighted by Gasteiger charge is 2.65. The quantitative estimate of drug-likeness (QED) is 0.241. The normalized spacial score (nSPS) is 24.4. The molecule has 4 aromatic rings. The molecule has 0 radical (unpaired) electrons. The predicted octanol–water partition coefficient (Wildman–Crippen LogP) is 6.88. The fourth-order valence-corrected chi connectivity index (χ4v) is 8.20. The van der Waals surface area contributed by atoms with Crippen LogP contribution in [0.4, 0.5) is 0 Å². The molecule has 3 aliphatic rings. The van der Waals surface area contributed by atoms with Crippen molar-refractivity contribution in [3.8, 4) is 11.1 Å². The molecule has 0 N–H and O–H groups in total. The number of benzene rings is 1. The standard InChI is InChI=1S/C36H43N5O3/c1-4-31(43)30-17-36-13-11-9-7-5-6-8-10-12-25-15-26(27-19-37-33-14-23(2)38-40(33)20-27)16-28-29(24(3)42)21-39(35(25)28)22-34(44)41(30)32(36)18-36/h14-16,19-21,30,32H,4-13,17-18,22H2,1-3H3/t30-,32+,36-/m0/s1. The van der Waals surface area contributed by atoms with Crippen molar-refractivity contribution < 1.29 is 14.4 Å². The highest BCUT2D eigenvalue weighted by molar-refractivity contribution is 6.09. The Labute approximate surface area is 258 Å². The van der Waals surface area contributed by atoms with Gasteiger partial charge in [0.05, 0.1) is 17.3 Å². The van der Waals surface area contributed by atoms with Crippen LogP contribution in [-0.4, -0.2) is 53.6 Å². The molecule has 2 fully saturated rings. The van der Waals surface area contributed by atoms with Crippen LogP contribution in [0.2, 0.25) is 0 Å². The lowest BCUT2D eigenvalue weighted by molar-refractivity contribution is -0.139. The minimum Gasteiger partial charge on any atom is -0.337 e. The van der Waals surface area contributed by atoms with E-state index >= 15 is 0 Å². The molecule has 1 aromatic carbocycles. The topological polar surface area (TPSA) is 89.6 Å². The molecular formula is C36H43N5O3. The summed E-state index contributed by atoms with van der Waals surface area (Å²) in [7, 11) is 0. The van der Waals surface area contributed by atoms with Crippen LogP contribution in [0.15, 0.2) is 36.8 Å². The number of carbonyl (C=O) groups excluding carboxylic acids is 3. The van der Waals surface area contributed by atoms with Gasteiger partial charge in [0.2, 0.25) is 5.91 Å². The van der Waals surface area contributed by atoms with Crippen LogP contribution in [0, 0.1) is 12.3 Å². The van der Waals surface area contributed by atoms with Gasteiger partial charge in [0.1, 0.15) is 6.54 Å². The fourth-order valence-electron chi connectivity index (χ4n) is 8.20. The number of fused-ring (bicyclic) bond motifs is 1. The van der Waals surface area contributed by atoms with E-state index in [0.717, 1.165) is 77.5 Å². The van der Waals surface area contributed by atoms with Gasteiger partial charge in [-0.15, -0.1) is 0 Å². The summed E-state index contributed by atoms with van der Waals surface area (Å²) >= 11 is 0. The first-order chi connectivity index (χ1) is 21.3. The number of rotatable bonds is 4. The van der Waals surface area contributed by atoms with E-state index < -0.39 is 0 Å². The first-order valence-electron chi connectivity index (χ1n) is 16.6. The first-order valence-corrected chi connectivity index (χ1v) is 16.6. The molecule has 2 aliphatic heterocycles. The van der Waals surface area contributed by atoms with Gasteiger partial charge in [0.15, 0.2) is 17.2 Å². The molecule has 230 valence electrons. The molecule has 2 bridgehead atoms. The molecule has 1 aliphatic carbocycles. The first kappa shape index (κ1) is 28.9. The van der Waals surface area contributed by atoms with Crippen molar-refractivity contribution in [3.63, 3.8) is 0 Å². The molecule has 8 heteroatoms. The summed E-state index contributed by atoms with van der Waals surface area (Å²) in [5.74, 6) is 0.143. The smallest absolute Gasteiger partial charge is 0.243 e. The molecule has 44 heavy (non-hydrogen) atoms. The Morgan fingerprint density at radius 2 is 1.75 bits per heavy atom. The number of aromatic nitrogens is 4. The van der Waals surface area contributed by atoms with Crippen molar-refractivity contribution in [2.24, 2.45) is 5.41 Å². The Kier molecular flexibility index (Phi) is 7.42. The Morgan fingerprint density at radius 3 is 2.52 bits per heavy atom. The summed E-state index contributed by atoms with van der Waals surface area (Å²) in [6.45, 7) is 5.60. The molecule has 0 spiro atoms. The predicted molar refractivity (Wildman–Crippen MR) is 171 cm³/mol. The molecular weight excluding hydrogens is 550 g/mol. The molecule has 3 atom stereocenters. The van der Waals surface area contributed by atoms with E-state index in [2.05, 4.69) is 22.2 Å². The fraction of sp³-hybridized carbons (Fsp3) is 0.528. The third-order valence-corrected chi connectivity index (χ3v) is 10.6. The largest absolute Gasteiger partial charge is 0.337 e. The van der Waals surface area contributed by atoms with Crippen molar-refractivity contribution in [1.29, 1.82) is 0 Å². The van der Waals surface area contributed by atoms with Gasteiger partial charge in [0.25, 0.3) is 0 Å². The number of nitrogens with zero attached hydrogens (tertiary/aromatic N) is 5. The van der Waals surface area contributed by atoms with Crippen LogP contribution in [-0.2, 0) is 22.6 Å². The third kappa shape index (κ3) is 5.06. The Bertz CT molecular complexity index is 1780. The van der Waals surface area contributed by atoms with Crippen LogP contribution in [0.5, 0.6) is 0 Å². The van der Waals surface area contributed by atoms with E-state index in [1.54, 1.807) is 11.4 Å². The number of carbonyl (C=O) groups is 3. The maximum absolute atomic E-state index is 14.2. The molecule has 7 rings (SSSR count). The number of Topliss-reactive ketones (excluding diaryl/α,β-unsaturated/α-hetero) is 2. The van der Waals surface area contributed by atoms with Crippen LogP contribution < -0.4 is 0 Å². The second kappa shape index (κ2) is 11.3. The number of hydrogen-bond donors (Lipinski definition) is 0. The third-order valence-electron chi connectivity index (χ3n) is 10.6. The van der Waals surface area contributed by atoms with Gasteiger partial charge in [-0.25, -0.2) is 9.50 Å². The molecule has 5 heterocycles. The van der Waals surface area contributed by atoms with Crippen LogP contribution in [0.25, 0.3) is 27.7 Å². The number of ketones is 2. The maximum atomic E-state index is 14.2. The average molecular weight is 594 g/mol. The van der Waals surface area contributed by atoms with E-state index in [4.69, 9.17) is 0 Å². The zero-order chi connectivity index (χ0) is 30.6. The van der Waals surface area contributed by atoms with Crippen molar-refractivity contribution >= 4 is 34.0 Å². The van der Waals surface area contributed by atoms with E-state index in [0.29, 0.717) is 12.0 Å². The number of aryl methyl sites for hydroxylation is 2. The molecule has 1 saturated carbocycles. The lowest BCUT2D eigenvalue weighted by Crippen LogP contribution is -2.44. The van der Waals surface area contributed by atoms with E-state index in [1.165, 1.54) is 32.1 Å². The SMILES string of the molecule is CCC(=O)[C@@H]1C[C@]23CCCCCCCCCc4cc(-c5cnc6cc(C)nn6c5)cc5c(C(C)=O)cn(c45)CC(=O)N1[C@@H]2C3. The highest BCUT2D eigenvalue weighted by atomic mass is 16.2. The number of piperidine rings is 1. The van der Waals surface area contributed by atoms with Crippen LogP contribution >= 0.6 is 0 Å². The van der Waals surface area contributed by atoms with Gasteiger partial charge < -0.3 is 9.47 Å². The van der Waals surface area contributed by atoms with E-state index in [1.807, 2.05) is 48.0 Å². The lowest BCUT2D eigenvalue weighted by atomic mass is 9.91. The zero-order valence-corrected chi connectivity index (χ0v) is 26.3. The molecule has 1 saturated heterocycles. The summed E-state index contributed by atoms with van der Waals surface area (Å²) in [6.07, 6.45) is 18.3. The maximum Gasteiger partial charge on any atom is 0.243 e. The Hall–Kier alpha value is -3.81. The molecule has 0 unspecified atom stereocenters. The van der Waals surface area contributed by atoms with E-state index in [-0.39, 0.29) is 41.5 Å². The summed E-state index contributed by atoms with van der Waals surface area (Å²) < 4.78 is 3.80. The molecule has 8 nitrogen and oxygen atoms in total. The van der Waals surface area contributed by atoms with Crippen LogP contribution in [0.1, 0.15) is 106 Å². The summed E-state index contributed by atoms with van der Waals surface area (Å²) in [5.41, 5.74) is 6.47. The molecule has 3 aromatic heterocycles. The van der Waals surface area contributed by atoms with Gasteiger partial charge in [-0.05, 0) is 74.6 Å². The van der Waals surface area contributed by atoms with Crippen molar-refractivity contribution in [2.45, 2.75) is 116 Å². The van der Waals surface area contributed by atoms with Gasteiger partial charge >= 0.3 is 0 Å². The second-order valence-corrected chi connectivity index (χ2v) is 13.6. The van der Waals surface area contributed by atoms with Gasteiger partial charge in [0, 0.05) is 53.6 Å². The van der Waals surface area contributed by atoms with Gasteiger partial charge in [-0.1, -0.05) is 45.4 Å². The highest BCUT2D eigenvalue weighted by Crippen LogP contribution is 2.62. The summed E-state index contributed by atoms with van der Waals surface area (Å²) in [4.78, 5) is 46.9. The van der Waals surface area contributed by atoms with Gasteiger partial charge in [-0.3, -0.25) is 14.4 Å². The van der Waals surface area contributed by atoms with Crippen molar-refractivity contribution in [3.05, 3.63) is 53.6 Å². The zero-order valence-electron chi connectivity index (χ0n) is 26.3. The van der Waals surface area contributed by atoms with Crippen LogP contribution in [0.3, 0.4) is 0 Å². The van der Waals surface area contributed by atoms with E-state index in [9.17, 15) is 14.4 Å². The summed E-state index contributed by atoms with van der Waals surface area (Å²) in [6, 6.07) is 6.09. The average Bonchev–Trinajstić information content (AvgIpc) is 3.26. The lowest BCUT2D eigenvalue weighted by Gasteiger charge is -2.27. The Morgan fingerprint density at radius 1 is 0.977 bits per heavy atom. The Balaban J connectivity index is 1.33.